The minimum absolute atomic E-state index is 0.0200. The van der Waals surface area contributed by atoms with Crippen molar-refractivity contribution in [2.75, 3.05) is 13.2 Å². The quantitative estimate of drug-likeness (QED) is 0.0320. The molecule has 0 saturated carbocycles. The highest BCUT2D eigenvalue weighted by atomic mass is 16.5. The third-order valence-corrected chi connectivity index (χ3v) is 16.8. The van der Waals surface area contributed by atoms with Gasteiger partial charge in [-0.05, 0) is 51.4 Å². The maximum Gasteiger partial charge on any atom is 0.305 e. The van der Waals surface area contributed by atoms with Crippen molar-refractivity contribution in [1.82, 2.24) is 5.32 Å². The fraction of sp³-hybridized carbons (Fsp3) is 0.944. The monoisotopic (exact) mass is 1090 g/mol. The summed E-state index contributed by atoms with van der Waals surface area (Å²) >= 11 is 0. The second-order valence-corrected chi connectivity index (χ2v) is 24.6. The minimum atomic E-state index is -0.660. The van der Waals surface area contributed by atoms with Gasteiger partial charge in [-0.3, -0.25) is 9.59 Å². The lowest BCUT2D eigenvalue weighted by molar-refractivity contribution is -0.143. The Labute approximate surface area is 482 Å². The SMILES string of the molecule is CCCCCCCC/C=C\CCCCCCCCCCCC(=O)OCCCCCCCCCCCCCCCCCCCCCCCCCCCCCCCC(=O)NC(CO)C(O)CCCCCCCCCCCCCC. The molecule has 0 bridgehead atoms. The maximum atomic E-state index is 12.5. The van der Waals surface area contributed by atoms with Gasteiger partial charge in [0.15, 0.2) is 0 Å². The van der Waals surface area contributed by atoms with E-state index >= 15 is 0 Å². The number of rotatable bonds is 67. The van der Waals surface area contributed by atoms with Gasteiger partial charge in [0.1, 0.15) is 0 Å². The van der Waals surface area contributed by atoms with Crippen LogP contribution in [0.3, 0.4) is 0 Å². The molecule has 0 aromatic carbocycles. The van der Waals surface area contributed by atoms with Crippen LogP contribution in [0.4, 0.5) is 0 Å². The van der Waals surface area contributed by atoms with E-state index in [0.717, 1.165) is 38.5 Å². The molecule has 77 heavy (non-hydrogen) atoms. The number of allylic oxidation sites excluding steroid dienone is 2. The summed E-state index contributed by atoms with van der Waals surface area (Å²) in [6, 6.07) is -0.537. The van der Waals surface area contributed by atoms with Crippen LogP contribution in [0.2, 0.25) is 0 Å². The van der Waals surface area contributed by atoms with Gasteiger partial charge in [0.2, 0.25) is 5.91 Å². The Morgan fingerprint density at radius 2 is 0.610 bits per heavy atom. The summed E-state index contributed by atoms with van der Waals surface area (Å²) in [6.07, 6.45) is 82.7. The number of hydrogen-bond acceptors (Lipinski definition) is 5. The molecule has 0 radical (unpaired) electrons. The van der Waals surface area contributed by atoms with Crippen molar-refractivity contribution < 1.29 is 24.5 Å². The Hall–Kier alpha value is -1.40. The van der Waals surface area contributed by atoms with E-state index in [1.54, 1.807) is 0 Å². The first-order valence-electron chi connectivity index (χ1n) is 35.4. The molecule has 0 aromatic heterocycles. The molecule has 0 rings (SSSR count). The number of carbonyl (C=O) groups excluding carboxylic acids is 2. The number of aliphatic hydroxyl groups excluding tert-OH is 2. The second kappa shape index (κ2) is 67.1. The first-order valence-corrected chi connectivity index (χ1v) is 35.4. The zero-order valence-corrected chi connectivity index (χ0v) is 52.5. The van der Waals surface area contributed by atoms with Gasteiger partial charge in [0.25, 0.3) is 0 Å². The molecule has 0 spiro atoms. The van der Waals surface area contributed by atoms with Crippen molar-refractivity contribution in [3.8, 4) is 0 Å². The van der Waals surface area contributed by atoms with Gasteiger partial charge in [-0.1, -0.05) is 353 Å². The molecule has 0 aliphatic rings. The average Bonchev–Trinajstić information content (AvgIpc) is 3.43. The Bertz CT molecular complexity index is 1160. The van der Waals surface area contributed by atoms with Crippen molar-refractivity contribution in [3.63, 3.8) is 0 Å². The van der Waals surface area contributed by atoms with E-state index in [9.17, 15) is 19.8 Å². The van der Waals surface area contributed by atoms with Crippen molar-refractivity contribution in [2.45, 2.75) is 418 Å². The number of unbranched alkanes of at least 4 members (excludes halogenated alkanes) is 54. The van der Waals surface area contributed by atoms with E-state index in [1.165, 1.54) is 334 Å². The number of esters is 1. The number of amides is 1. The smallest absolute Gasteiger partial charge is 0.305 e. The molecule has 458 valence electrons. The van der Waals surface area contributed by atoms with Gasteiger partial charge in [-0.15, -0.1) is 0 Å². The Kier molecular flexibility index (Phi) is 65.9. The fourth-order valence-electron chi connectivity index (χ4n) is 11.4. The van der Waals surface area contributed by atoms with Crippen LogP contribution in [0.25, 0.3) is 0 Å². The van der Waals surface area contributed by atoms with Crippen molar-refractivity contribution >= 4 is 11.9 Å². The van der Waals surface area contributed by atoms with Crippen LogP contribution < -0.4 is 5.32 Å². The molecule has 0 aliphatic carbocycles. The Morgan fingerprint density at radius 3 is 0.922 bits per heavy atom. The summed E-state index contributed by atoms with van der Waals surface area (Å²) in [4.78, 5) is 24.6. The van der Waals surface area contributed by atoms with Crippen LogP contribution in [0, 0.1) is 0 Å². The summed E-state index contributed by atoms with van der Waals surface area (Å²) in [6.45, 7) is 4.98. The summed E-state index contributed by atoms with van der Waals surface area (Å²) in [5.41, 5.74) is 0. The third-order valence-electron chi connectivity index (χ3n) is 16.8. The van der Waals surface area contributed by atoms with Crippen LogP contribution in [-0.2, 0) is 14.3 Å². The van der Waals surface area contributed by atoms with E-state index in [-0.39, 0.29) is 18.5 Å². The minimum Gasteiger partial charge on any atom is -0.466 e. The topological polar surface area (TPSA) is 95.9 Å². The maximum absolute atomic E-state index is 12.5. The molecule has 2 unspecified atom stereocenters. The lowest BCUT2D eigenvalue weighted by Gasteiger charge is -2.22. The van der Waals surface area contributed by atoms with E-state index in [2.05, 4.69) is 31.3 Å². The zero-order valence-electron chi connectivity index (χ0n) is 52.5. The largest absolute Gasteiger partial charge is 0.466 e. The predicted molar refractivity (Wildman–Crippen MR) is 338 cm³/mol. The molecular weight excluding hydrogens is 947 g/mol. The molecule has 3 N–H and O–H groups in total. The molecule has 0 aliphatic heterocycles. The molecule has 1 amide bonds. The van der Waals surface area contributed by atoms with Crippen molar-refractivity contribution in [2.24, 2.45) is 0 Å². The summed E-state index contributed by atoms with van der Waals surface area (Å²) in [5.74, 6) is -0.00953. The Balaban J connectivity index is 3.30. The van der Waals surface area contributed by atoms with E-state index in [4.69, 9.17) is 4.74 Å². The van der Waals surface area contributed by atoms with Gasteiger partial charge >= 0.3 is 5.97 Å². The standard InChI is InChI=1S/C71H139NO5/c1-3-5-7-9-11-13-15-17-18-19-31-35-38-41-45-49-53-57-61-65-71(76)77-66-62-58-54-50-46-42-39-36-33-30-28-26-24-22-20-21-23-25-27-29-32-34-37-40-44-48-52-56-60-64-70(75)72-68(67-73)69(74)63-59-55-51-47-43-16-14-12-10-8-6-4-2/h17-18,68-69,73-74H,3-16,19-67H2,1-2H3,(H,72,75)/b18-17-. The van der Waals surface area contributed by atoms with Crippen LogP contribution in [0.1, 0.15) is 406 Å². The van der Waals surface area contributed by atoms with Gasteiger partial charge in [-0.25, -0.2) is 0 Å². The first-order chi connectivity index (χ1) is 38.0. The summed E-state index contributed by atoms with van der Waals surface area (Å²) < 4.78 is 5.51. The highest BCUT2D eigenvalue weighted by molar-refractivity contribution is 5.76. The highest BCUT2D eigenvalue weighted by Crippen LogP contribution is 2.19. The van der Waals surface area contributed by atoms with E-state index in [0.29, 0.717) is 25.9 Å². The van der Waals surface area contributed by atoms with Crippen molar-refractivity contribution in [1.29, 1.82) is 0 Å². The second-order valence-electron chi connectivity index (χ2n) is 24.6. The molecule has 0 aromatic rings. The highest BCUT2D eigenvalue weighted by Gasteiger charge is 2.20. The number of ether oxygens (including phenoxy) is 1. The van der Waals surface area contributed by atoms with Gasteiger partial charge in [-0.2, -0.15) is 0 Å². The summed E-state index contributed by atoms with van der Waals surface area (Å²) in [7, 11) is 0. The first kappa shape index (κ1) is 75.6. The molecule has 0 heterocycles. The van der Waals surface area contributed by atoms with Gasteiger partial charge in [0.05, 0.1) is 25.4 Å². The molecule has 6 nitrogen and oxygen atoms in total. The van der Waals surface area contributed by atoms with Gasteiger partial charge < -0.3 is 20.3 Å². The van der Waals surface area contributed by atoms with Crippen LogP contribution in [0.5, 0.6) is 0 Å². The normalized spacial score (nSPS) is 12.5. The Morgan fingerprint density at radius 1 is 0.351 bits per heavy atom. The van der Waals surface area contributed by atoms with E-state index < -0.39 is 12.1 Å². The fourth-order valence-corrected chi connectivity index (χ4v) is 11.4. The van der Waals surface area contributed by atoms with Crippen LogP contribution in [0.15, 0.2) is 12.2 Å². The van der Waals surface area contributed by atoms with Crippen LogP contribution >= 0.6 is 0 Å². The predicted octanol–water partition coefficient (Wildman–Crippen LogP) is 22.8. The molecule has 0 fully saturated rings. The molecular formula is C71H139NO5. The van der Waals surface area contributed by atoms with Gasteiger partial charge in [0, 0.05) is 12.8 Å². The number of carbonyl (C=O) groups is 2. The van der Waals surface area contributed by atoms with E-state index in [1.807, 2.05) is 0 Å². The molecule has 2 atom stereocenters. The number of nitrogens with one attached hydrogen (secondary N) is 1. The van der Waals surface area contributed by atoms with Crippen molar-refractivity contribution in [3.05, 3.63) is 12.2 Å². The van der Waals surface area contributed by atoms with Crippen LogP contribution in [-0.4, -0.2) is 47.4 Å². The molecule has 0 saturated heterocycles. The number of aliphatic hydroxyl groups is 2. The zero-order chi connectivity index (χ0) is 55.7. The number of hydrogen-bond donors (Lipinski definition) is 3. The lowest BCUT2D eigenvalue weighted by atomic mass is 10.0. The summed E-state index contributed by atoms with van der Waals surface area (Å²) in [5, 5.41) is 23.3. The molecule has 6 heteroatoms. The lowest BCUT2D eigenvalue weighted by Crippen LogP contribution is -2.45. The third kappa shape index (κ3) is 63.6. The average molecular weight is 1090 g/mol.